The first-order chi connectivity index (χ1) is 13.8. The molecule has 152 valence electrons. The molecule has 2 aromatic carbocycles. The van der Waals surface area contributed by atoms with Gasteiger partial charge in [0.15, 0.2) is 6.10 Å². The van der Waals surface area contributed by atoms with Gasteiger partial charge in [-0.3, -0.25) is 14.4 Å². The lowest BCUT2D eigenvalue weighted by atomic mass is 10.1. The molecule has 6 nitrogen and oxygen atoms in total. The van der Waals surface area contributed by atoms with E-state index in [0.29, 0.717) is 22.0 Å². The number of anilines is 1. The van der Waals surface area contributed by atoms with Crippen molar-refractivity contribution >= 4 is 46.5 Å². The van der Waals surface area contributed by atoms with E-state index < -0.39 is 18.0 Å². The molecule has 1 aliphatic heterocycles. The zero-order valence-electron chi connectivity index (χ0n) is 15.9. The Morgan fingerprint density at radius 3 is 2.48 bits per heavy atom. The van der Waals surface area contributed by atoms with Crippen molar-refractivity contribution in [2.75, 3.05) is 18.6 Å². The van der Waals surface area contributed by atoms with Crippen molar-refractivity contribution in [3.63, 3.8) is 0 Å². The minimum atomic E-state index is -0.977. The standard InChI is InChI=1S/C21H19Cl2NO5/c1-12(20(26)13-6-8-15(28-2)9-7-13)29-21(27)14-10-18(25)24(11-14)17-5-3-4-16(22)19(17)23/h3-9,12,14H,10-11H2,1-2H3/t12-,14+/m1/s1. The minimum Gasteiger partial charge on any atom is -0.497 e. The quantitative estimate of drug-likeness (QED) is 0.502. The summed E-state index contributed by atoms with van der Waals surface area (Å²) in [6.45, 7) is 1.62. The number of esters is 1. The van der Waals surface area contributed by atoms with E-state index in [4.69, 9.17) is 32.7 Å². The van der Waals surface area contributed by atoms with Crippen molar-refractivity contribution in [1.82, 2.24) is 0 Å². The highest BCUT2D eigenvalue weighted by molar-refractivity contribution is 6.44. The Kier molecular flexibility index (Phi) is 6.45. The molecule has 8 heteroatoms. The summed E-state index contributed by atoms with van der Waals surface area (Å²) in [6, 6.07) is 11.5. The van der Waals surface area contributed by atoms with Gasteiger partial charge in [-0.2, -0.15) is 0 Å². The molecule has 1 amide bonds. The van der Waals surface area contributed by atoms with Crippen LogP contribution in [0.3, 0.4) is 0 Å². The van der Waals surface area contributed by atoms with Crippen LogP contribution in [0.5, 0.6) is 5.75 Å². The minimum absolute atomic E-state index is 0.0227. The molecule has 1 saturated heterocycles. The Balaban J connectivity index is 1.65. The number of ketones is 1. The van der Waals surface area contributed by atoms with E-state index in [-0.39, 0.29) is 29.7 Å². The molecular weight excluding hydrogens is 417 g/mol. The SMILES string of the molecule is COc1ccc(C(=O)[C@@H](C)OC(=O)[C@H]2CC(=O)N(c3cccc(Cl)c3Cl)C2)cc1. The summed E-state index contributed by atoms with van der Waals surface area (Å²) >= 11 is 12.2. The Morgan fingerprint density at radius 1 is 1.14 bits per heavy atom. The van der Waals surface area contributed by atoms with E-state index in [2.05, 4.69) is 0 Å². The highest BCUT2D eigenvalue weighted by atomic mass is 35.5. The third-order valence-electron chi connectivity index (χ3n) is 4.72. The number of nitrogens with zero attached hydrogens (tertiary/aromatic N) is 1. The van der Waals surface area contributed by atoms with Gasteiger partial charge in [0, 0.05) is 18.5 Å². The molecule has 0 spiro atoms. The van der Waals surface area contributed by atoms with Gasteiger partial charge in [0.2, 0.25) is 11.7 Å². The highest BCUT2D eigenvalue weighted by Gasteiger charge is 2.38. The molecule has 0 radical (unpaired) electrons. The molecule has 0 bridgehead atoms. The van der Waals surface area contributed by atoms with E-state index in [1.54, 1.807) is 42.5 Å². The van der Waals surface area contributed by atoms with Gasteiger partial charge in [0.05, 0.1) is 28.8 Å². The zero-order chi connectivity index (χ0) is 21.1. The van der Waals surface area contributed by atoms with Gasteiger partial charge < -0.3 is 14.4 Å². The van der Waals surface area contributed by atoms with Crippen molar-refractivity contribution in [3.8, 4) is 5.75 Å². The molecule has 29 heavy (non-hydrogen) atoms. The molecule has 0 saturated carbocycles. The Bertz CT molecular complexity index is 945. The molecule has 3 rings (SSSR count). The summed E-state index contributed by atoms with van der Waals surface area (Å²) in [5, 5.41) is 0.571. The van der Waals surface area contributed by atoms with Crippen LogP contribution in [0.4, 0.5) is 5.69 Å². The van der Waals surface area contributed by atoms with Crippen molar-refractivity contribution < 1.29 is 23.9 Å². The van der Waals surface area contributed by atoms with Gasteiger partial charge in [-0.05, 0) is 43.3 Å². The number of benzene rings is 2. The lowest BCUT2D eigenvalue weighted by Gasteiger charge is -2.19. The average molecular weight is 436 g/mol. The first-order valence-corrected chi connectivity index (χ1v) is 9.70. The normalized spacial score (nSPS) is 17.2. The van der Waals surface area contributed by atoms with Crippen LogP contribution >= 0.6 is 23.2 Å². The zero-order valence-corrected chi connectivity index (χ0v) is 17.4. The number of halogens is 2. The summed E-state index contributed by atoms with van der Waals surface area (Å²) < 4.78 is 10.4. The van der Waals surface area contributed by atoms with Crippen LogP contribution in [0.25, 0.3) is 0 Å². The van der Waals surface area contributed by atoms with Crippen molar-refractivity contribution in [2.45, 2.75) is 19.4 Å². The molecule has 2 aromatic rings. The van der Waals surface area contributed by atoms with Gasteiger partial charge in [0.1, 0.15) is 5.75 Å². The lowest BCUT2D eigenvalue weighted by molar-refractivity contribution is -0.151. The van der Waals surface area contributed by atoms with Crippen LogP contribution in [0, 0.1) is 5.92 Å². The lowest BCUT2D eigenvalue weighted by Crippen LogP contribution is -2.30. The summed E-state index contributed by atoms with van der Waals surface area (Å²) in [4.78, 5) is 38.8. The van der Waals surface area contributed by atoms with Crippen LogP contribution in [0.15, 0.2) is 42.5 Å². The maximum Gasteiger partial charge on any atom is 0.312 e. The molecule has 0 aliphatic carbocycles. The van der Waals surface area contributed by atoms with Crippen LogP contribution in [-0.4, -0.2) is 37.4 Å². The number of amides is 1. The first-order valence-electron chi connectivity index (χ1n) is 8.95. The average Bonchev–Trinajstić information content (AvgIpc) is 3.11. The number of carbonyl (C=O) groups excluding carboxylic acids is 3. The monoisotopic (exact) mass is 435 g/mol. The van der Waals surface area contributed by atoms with Crippen LogP contribution in [0.2, 0.25) is 10.0 Å². The van der Waals surface area contributed by atoms with Crippen LogP contribution in [-0.2, 0) is 14.3 Å². The van der Waals surface area contributed by atoms with Crippen LogP contribution < -0.4 is 9.64 Å². The molecule has 2 atom stereocenters. The largest absolute Gasteiger partial charge is 0.497 e. The second-order valence-electron chi connectivity index (χ2n) is 6.65. The topological polar surface area (TPSA) is 72.9 Å². The van der Waals surface area contributed by atoms with Gasteiger partial charge in [-0.25, -0.2) is 0 Å². The van der Waals surface area contributed by atoms with Crippen molar-refractivity contribution in [2.24, 2.45) is 5.92 Å². The number of Topliss-reactive ketones (excluding diaryl/α,β-unsaturated/α-hetero) is 1. The van der Waals surface area contributed by atoms with Gasteiger partial charge in [0.25, 0.3) is 0 Å². The van der Waals surface area contributed by atoms with E-state index in [0.717, 1.165) is 0 Å². The number of hydrogen-bond donors (Lipinski definition) is 0. The molecule has 1 aliphatic rings. The molecule has 1 fully saturated rings. The maximum absolute atomic E-state index is 12.5. The molecule has 0 aromatic heterocycles. The van der Waals surface area contributed by atoms with E-state index >= 15 is 0 Å². The van der Waals surface area contributed by atoms with Gasteiger partial charge in [-0.1, -0.05) is 29.3 Å². The first kappa shape index (κ1) is 21.1. The second kappa shape index (κ2) is 8.84. The summed E-state index contributed by atoms with van der Waals surface area (Å²) in [5.41, 5.74) is 0.850. The Morgan fingerprint density at radius 2 is 1.83 bits per heavy atom. The predicted molar refractivity (Wildman–Crippen MR) is 110 cm³/mol. The Hall–Kier alpha value is -2.57. The smallest absolute Gasteiger partial charge is 0.312 e. The number of methoxy groups -OCH3 is 1. The summed E-state index contributed by atoms with van der Waals surface area (Å²) in [7, 11) is 1.53. The highest BCUT2D eigenvalue weighted by Crippen LogP contribution is 2.36. The van der Waals surface area contributed by atoms with Gasteiger partial charge >= 0.3 is 5.97 Å². The fourth-order valence-electron chi connectivity index (χ4n) is 3.11. The van der Waals surface area contributed by atoms with Crippen molar-refractivity contribution in [1.29, 1.82) is 0 Å². The molecule has 0 unspecified atom stereocenters. The van der Waals surface area contributed by atoms with Crippen LogP contribution in [0.1, 0.15) is 23.7 Å². The summed E-state index contributed by atoms with van der Waals surface area (Å²) in [6.07, 6.45) is -1.000. The number of hydrogen-bond acceptors (Lipinski definition) is 5. The third-order valence-corrected chi connectivity index (χ3v) is 5.53. The van der Waals surface area contributed by atoms with E-state index in [1.165, 1.54) is 18.9 Å². The predicted octanol–water partition coefficient (Wildman–Crippen LogP) is 4.17. The second-order valence-corrected chi connectivity index (χ2v) is 7.44. The van der Waals surface area contributed by atoms with E-state index in [1.807, 2.05) is 0 Å². The van der Waals surface area contributed by atoms with Crippen molar-refractivity contribution in [3.05, 3.63) is 58.1 Å². The Labute approximate surface area is 178 Å². The van der Waals surface area contributed by atoms with E-state index in [9.17, 15) is 14.4 Å². The number of rotatable bonds is 6. The fourth-order valence-corrected chi connectivity index (χ4v) is 3.51. The maximum atomic E-state index is 12.5. The molecular formula is C21H19Cl2NO5. The third kappa shape index (κ3) is 4.54. The number of carbonyl (C=O) groups is 3. The fraction of sp³-hybridized carbons (Fsp3) is 0.286. The molecule has 1 heterocycles. The number of ether oxygens (including phenoxy) is 2. The summed E-state index contributed by atoms with van der Waals surface area (Å²) in [5.74, 6) is -1.27. The van der Waals surface area contributed by atoms with Gasteiger partial charge in [-0.15, -0.1) is 0 Å². The molecule has 0 N–H and O–H groups in total.